The van der Waals surface area contributed by atoms with E-state index in [1.165, 1.54) is 10.7 Å². The number of aromatic amines is 1. The summed E-state index contributed by atoms with van der Waals surface area (Å²) in [5, 5.41) is 2.77. The lowest BCUT2D eigenvalue weighted by atomic mass is 10.2. The van der Waals surface area contributed by atoms with Gasteiger partial charge in [0.1, 0.15) is 11.3 Å². The van der Waals surface area contributed by atoms with Gasteiger partial charge in [-0.2, -0.15) is 0 Å². The number of carbonyl (C=O) groups excluding carboxylic acids is 1. The molecule has 0 amide bonds. The van der Waals surface area contributed by atoms with Crippen molar-refractivity contribution in [2.45, 2.75) is 20.3 Å². The summed E-state index contributed by atoms with van der Waals surface area (Å²) in [6, 6.07) is 9.40. The molecule has 0 fully saturated rings. The van der Waals surface area contributed by atoms with Crippen LogP contribution in [0, 0.1) is 6.92 Å². The van der Waals surface area contributed by atoms with Gasteiger partial charge in [0.05, 0.1) is 13.2 Å². The number of esters is 1. The van der Waals surface area contributed by atoms with Crippen molar-refractivity contribution in [1.82, 2.24) is 14.6 Å². The number of hydrogen-bond acceptors (Lipinski definition) is 5. The van der Waals surface area contributed by atoms with Gasteiger partial charge in [-0.05, 0) is 26.0 Å². The predicted octanol–water partition coefficient (Wildman–Crippen LogP) is 2.13. The highest BCUT2D eigenvalue weighted by Crippen LogP contribution is 2.12. The van der Waals surface area contributed by atoms with E-state index in [4.69, 9.17) is 9.47 Å². The van der Waals surface area contributed by atoms with Crippen LogP contribution in [0.3, 0.4) is 0 Å². The van der Waals surface area contributed by atoms with Crippen LogP contribution in [-0.4, -0.2) is 33.8 Å². The molecule has 0 unspecified atom stereocenters. The largest absolute Gasteiger partial charge is 0.493 e. The number of hydrogen-bond donors (Lipinski definition) is 1. The van der Waals surface area contributed by atoms with Gasteiger partial charge in [0, 0.05) is 23.9 Å². The molecule has 0 saturated heterocycles. The van der Waals surface area contributed by atoms with E-state index in [0.717, 1.165) is 5.75 Å². The van der Waals surface area contributed by atoms with E-state index >= 15 is 0 Å². The molecule has 0 bridgehead atoms. The molecule has 130 valence electrons. The maximum Gasteiger partial charge on any atom is 0.343 e. The number of H-pyrrole nitrogens is 1. The third-order valence-electron chi connectivity index (χ3n) is 3.82. The van der Waals surface area contributed by atoms with Gasteiger partial charge in [-0.15, -0.1) is 0 Å². The molecule has 7 nitrogen and oxygen atoms in total. The summed E-state index contributed by atoms with van der Waals surface area (Å²) >= 11 is 0. The molecular weight excluding hydrogens is 322 g/mol. The van der Waals surface area contributed by atoms with Gasteiger partial charge >= 0.3 is 5.97 Å². The van der Waals surface area contributed by atoms with Crippen molar-refractivity contribution >= 4 is 11.6 Å². The van der Waals surface area contributed by atoms with Crippen LogP contribution < -0.4 is 10.3 Å². The van der Waals surface area contributed by atoms with E-state index < -0.39 is 5.97 Å². The first-order valence-corrected chi connectivity index (χ1v) is 8.06. The fourth-order valence-corrected chi connectivity index (χ4v) is 2.59. The lowest BCUT2D eigenvalue weighted by molar-refractivity contribution is 0.0528. The summed E-state index contributed by atoms with van der Waals surface area (Å²) in [5.41, 5.74) is 1.40. The molecule has 0 saturated carbocycles. The van der Waals surface area contributed by atoms with Gasteiger partial charge in [-0.3, -0.25) is 9.89 Å². The average Bonchev–Trinajstić information content (AvgIpc) is 3.03. The van der Waals surface area contributed by atoms with Crippen molar-refractivity contribution in [3.05, 3.63) is 63.7 Å². The Kier molecular flexibility index (Phi) is 4.83. The van der Waals surface area contributed by atoms with E-state index in [9.17, 15) is 9.59 Å². The third kappa shape index (κ3) is 3.40. The molecule has 0 aliphatic heterocycles. The number of ether oxygens (including phenoxy) is 2. The van der Waals surface area contributed by atoms with E-state index in [2.05, 4.69) is 10.1 Å². The van der Waals surface area contributed by atoms with Gasteiger partial charge in [-0.1, -0.05) is 18.2 Å². The number of para-hydroxylation sites is 1. The van der Waals surface area contributed by atoms with Crippen molar-refractivity contribution in [3.63, 3.8) is 0 Å². The van der Waals surface area contributed by atoms with Crippen LogP contribution >= 0.6 is 0 Å². The Morgan fingerprint density at radius 2 is 2.04 bits per heavy atom. The van der Waals surface area contributed by atoms with Crippen LogP contribution in [0.2, 0.25) is 0 Å². The number of aryl methyl sites for hydroxylation is 1. The van der Waals surface area contributed by atoms with Crippen molar-refractivity contribution in [2.75, 3.05) is 13.2 Å². The Balaban J connectivity index is 1.85. The maximum absolute atomic E-state index is 12.7. The lowest BCUT2D eigenvalue weighted by Crippen LogP contribution is -2.24. The van der Waals surface area contributed by atoms with Crippen molar-refractivity contribution in [2.24, 2.45) is 0 Å². The van der Waals surface area contributed by atoms with Crippen LogP contribution in [0.4, 0.5) is 0 Å². The second-order valence-electron chi connectivity index (χ2n) is 5.46. The Morgan fingerprint density at radius 1 is 1.28 bits per heavy atom. The number of carbonyl (C=O) groups is 1. The SMILES string of the molecule is CCOC(=O)c1c[nH]n2c(=O)c(CCOc3ccccc3)c(C)nc12. The normalized spacial score (nSPS) is 10.8. The molecule has 3 aromatic rings. The van der Waals surface area contributed by atoms with Crippen LogP contribution in [-0.2, 0) is 11.2 Å². The summed E-state index contributed by atoms with van der Waals surface area (Å²) in [5.74, 6) is 0.242. The quantitative estimate of drug-likeness (QED) is 0.694. The van der Waals surface area contributed by atoms with Crippen molar-refractivity contribution in [3.8, 4) is 5.75 Å². The summed E-state index contributed by atoms with van der Waals surface area (Å²) in [4.78, 5) is 29.0. The highest BCUT2D eigenvalue weighted by molar-refractivity contribution is 5.95. The molecular formula is C18H19N3O4. The smallest absolute Gasteiger partial charge is 0.343 e. The average molecular weight is 341 g/mol. The fraction of sp³-hybridized carbons (Fsp3) is 0.278. The number of nitrogens with one attached hydrogen (secondary N) is 1. The first-order valence-electron chi connectivity index (χ1n) is 8.06. The van der Waals surface area contributed by atoms with E-state index in [-0.39, 0.29) is 23.4 Å². The molecule has 25 heavy (non-hydrogen) atoms. The molecule has 0 aliphatic rings. The van der Waals surface area contributed by atoms with Gasteiger partial charge in [0.15, 0.2) is 5.65 Å². The lowest BCUT2D eigenvalue weighted by Gasteiger charge is -2.08. The Labute approximate surface area is 144 Å². The molecule has 0 radical (unpaired) electrons. The zero-order chi connectivity index (χ0) is 17.8. The monoisotopic (exact) mass is 341 g/mol. The van der Waals surface area contributed by atoms with Crippen LogP contribution in [0.5, 0.6) is 5.75 Å². The topological polar surface area (TPSA) is 85.7 Å². The minimum absolute atomic E-state index is 0.241. The molecule has 2 heterocycles. The predicted molar refractivity (Wildman–Crippen MR) is 92.1 cm³/mol. The zero-order valence-electron chi connectivity index (χ0n) is 14.1. The minimum atomic E-state index is -0.507. The summed E-state index contributed by atoms with van der Waals surface area (Å²) in [7, 11) is 0. The second kappa shape index (κ2) is 7.21. The van der Waals surface area contributed by atoms with Gasteiger partial charge in [0.2, 0.25) is 0 Å². The number of nitrogens with zero attached hydrogens (tertiary/aromatic N) is 2. The number of benzene rings is 1. The van der Waals surface area contributed by atoms with Gasteiger partial charge in [0.25, 0.3) is 5.56 Å². The summed E-state index contributed by atoms with van der Waals surface area (Å²) < 4.78 is 11.9. The van der Waals surface area contributed by atoms with Crippen molar-refractivity contribution < 1.29 is 14.3 Å². The molecule has 0 spiro atoms. The first kappa shape index (κ1) is 16.8. The molecule has 2 aromatic heterocycles. The number of rotatable bonds is 6. The van der Waals surface area contributed by atoms with Crippen LogP contribution in [0.25, 0.3) is 5.65 Å². The number of aromatic nitrogens is 3. The third-order valence-corrected chi connectivity index (χ3v) is 3.82. The van der Waals surface area contributed by atoms with Crippen LogP contribution in [0.15, 0.2) is 41.3 Å². The second-order valence-corrected chi connectivity index (χ2v) is 5.46. The Bertz CT molecular complexity index is 944. The highest BCUT2D eigenvalue weighted by atomic mass is 16.5. The Morgan fingerprint density at radius 3 is 2.76 bits per heavy atom. The van der Waals surface area contributed by atoms with E-state index in [1.54, 1.807) is 13.8 Å². The van der Waals surface area contributed by atoms with Gasteiger partial charge in [-0.25, -0.2) is 14.3 Å². The van der Waals surface area contributed by atoms with E-state index in [1.807, 2.05) is 30.3 Å². The summed E-state index contributed by atoms with van der Waals surface area (Å²) in [6.07, 6.45) is 1.86. The molecule has 1 aromatic carbocycles. The standard InChI is InChI=1S/C18H19N3O4/c1-3-24-18(23)15-11-19-21-16(15)20-12(2)14(17(21)22)9-10-25-13-7-5-4-6-8-13/h4-8,11,19H,3,9-10H2,1-2H3. The molecule has 0 atom stereocenters. The highest BCUT2D eigenvalue weighted by Gasteiger charge is 2.18. The minimum Gasteiger partial charge on any atom is -0.493 e. The van der Waals surface area contributed by atoms with Gasteiger partial charge < -0.3 is 9.47 Å². The van der Waals surface area contributed by atoms with E-state index in [0.29, 0.717) is 24.3 Å². The molecule has 0 aliphatic carbocycles. The number of fused-ring (bicyclic) bond motifs is 1. The summed E-state index contributed by atoms with van der Waals surface area (Å²) in [6.45, 7) is 4.09. The molecule has 7 heteroatoms. The maximum atomic E-state index is 12.7. The van der Waals surface area contributed by atoms with Crippen LogP contribution in [0.1, 0.15) is 28.5 Å². The molecule has 1 N–H and O–H groups in total. The zero-order valence-corrected chi connectivity index (χ0v) is 14.1. The molecule has 3 rings (SSSR count). The first-order chi connectivity index (χ1) is 12.1. The Hall–Kier alpha value is -3.09. The van der Waals surface area contributed by atoms with Crippen molar-refractivity contribution in [1.29, 1.82) is 0 Å². The fourth-order valence-electron chi connectivity index (χ4n) is 2.59.